The fourth-order valence-corrected chi connectivity index (χ4v) is 3.41. The smallest absolute Gasteiger partial charge is 0.339 e. The molecule has 0 spiro atoms. The number of benzene rings is 2. The first-order valence-corrected chi connectivity index (χ1v) is 9.50. The number of hydrogen-bond donors (Lipinski definition) is 4. The van der Waals surface area contributed by atoms with Crippen LogP contribution in [0.15, 0.2) is 24.3 Å². The molecule has 0 saturated heterocycles. The van der Waals surface area contributed by atoms with Crippen LogP contribution < -0.4 is 0 Å². The molecule has 0 unspecified atom stereocenters. The van der Waals surface area contributed by atoms with Crippen molar-refractivity contribution < 1.29 is 30.0 Å². The van der Waals surface area contributed by atoms with Crippen LogP contribution in [0.25, 0.3) is 0 Å². The molecule has 2 aromatic rings. The number of carbonyl (C=O) groups is 2. The standard InChI is InChI=1S/C23H28O6/c1-11(2)15-7-13(9-17(19(15)24)21(26)27)23(5,6)14-8-16(12(3)4)20(25)18(10-14)22(28)29/h7-12,24-25H,1-6H3,(H,26,27)(H,28,29). The highest BCUT2D eigenvalue weighted by atomic mass is 16.4. The van der Waals surface area contributed by atoms with Crippen LogP contribution >= 0.6 is 0 Å². The zero-order chi connectivity index (χ0) is 22.3. The third-order valence-electron chi connectivity index (χ3n) is 5.43. The minimum absolute atomic E-state index is 0.107. The van der Waals surface area contributed by atoms with Gasteiger partial charge in [-0.25, -0.2) is 9.59 Å². The average Bonchev–Trinajstić information content (AvgIpc) is 2.60. The van der Waals surface area contributed by atoms with Gasteiger partial charge in [0.05, 0.1) is 0 Å². The summed E-state index contributed by atoms with van der Waals surface area (Å²) >= 11 is 0. The Morgan fingerprint density at radius 1 is 0.724 bits per heavy atom. The molecule has 0 aliphatic carbocycles. The summed E-state index contributed by atoms with van der Waals surface area (Å²) in [5.41, 5.74) is 1.12. The highest BCUT2D eigenvalue weighted by Gasteiger charge is 2.30. The first-order chi connectivity index (χ1) is 13.3. The topological polar surface area (TPSA) is 115 Å². The van der Waals surface area contributed by atoms with E-state index in [1.807, 2.05) is 41.5 Å². The van der Waals surface area contributed by atoms with Crippen molar-refractivity contribution in [2.24, 2.45) is 0 Å². The second kappa shape index (κ2) is 7.78. The lowest BCUT2D eigenvalue weighted by atomic mass is 9.74. The van der Waals surface area contributed by atoms with Crippen LogP contribution in [0.1, 0.15) is 96.3 Å². The Hall–Kier alpha value is -3.02. The summed E-state index contributed by atoms with van der Waals surface area (Å²) in [4.78, 5) is 23.3. The summed E-state index contributed by atoms with van der Waals surface area (Å²) in [6.45, 7) is 11.2. The lowest BCUT2D eigenvalue weighted by Crippen LogP contribution is -2.21. The maximum Gasteiger partial charge on any atom is 0.339 e. The van der Waals surface area contributed by atoms with E-state index in [-0.39, 0.29) is 34.5 Å². The second-order valence-corrected chi connectivity index (χ2v) is 8.47. The van der Waals surface area contributed by atoms with Gasteiger partial charge in [0.25, 0.3) is 0 Å². The lowest BCUT2D eigenvalue weighted by Gasteiger charge is -2.29. The van der Waals surface area contributed by atoms with Gasteiger partial charge in [0, 0.05) is 5.41 Å². The van der Waals surface area contributed by atoms with Gasteiger partial charge in [-0.3, -0.25) is 0 Å². The van der Waals surface area contributed by atoms with Gasteiger partial charge in [-0.1, -0.05) is 53.7 Å². The van der Waals surface area contributed by atoms with E-state index in [4.69, 9.17) is 0 Å². The second-order valence-electron chi connectivity index (χ2n) is 8.47. The molecule has 4 N–H and O–H groups in total. The number of phenols is 2. The lowest BCUT2D eigenvalue weighted by molar-refractivity contribution is 0.0682. The average molecular weight is 400 g/mol. The molecule has 2 rings (SSSR count). The summed E-state index contributed by atoms with van der Waals surface area (Å²) in [6, 6.07) is 6.36. The molecule has 0 fully saturated rings. The first-order valence-electron chi connectivity index (χ1n) is 9.50. The first kappa shape index (κ1) is 22.3. The van der Waals surface area contributed by atoms with Crippen LogP contribution in [0.3, 0.4) is 0 Å². The van der Waals surface area contributed by atoms with Gasteiger partial charge >= 0.3 is 11.9 Å². The van der Waals surface area contributed by atoms with Crippen molar-refractivity contribution in [3.8, 4) is 11.5 Å². The number of carboxylic acid groups (broad SMARTS) is 2. The van der Waals surface area contributed by atoms with Crippen LogP contribution in [0, 0.1) is 0 Å². The van der Waals surface area contributed by atoms with Crippen molar-refractivity contribution in [2.75, 3.05) is 0 Å². The summed E-state index contributed by atoms with van der Waals surface area (Å²) in [6.07, 6.45) is 0. The summed E-state index contributed by atoms with van der Waals surface area (Å²) in [7, 11) is 0. The van der Waals surface area contributed by atoms with Crippen molar-refractivity contribution in [3.05, 3.63) is 57.6 Å². The molecular formula is C23H28O6. The molecule has 0 amide bonds. The molecule has 29 heavy (non-hydrogen) atoms. The molecule has 0 aliphatic heterocycles. The molecule has 156 valence electrons. The molecule has 0 saturated carbocycles. The van der Waals surface area contributed by atoms with Crippen molar-refractivity contribution in [1.29, 1.82) is 0 Å². The molecule has 0 aromatic heterocycles. The fraction of sp³-hybridized carbons (Fsp3) is 0.391. The maximum absolute atomic E-state index is 11.7. The predicted octanol–water partition coefficient (Wildman–Crippen LogP) is 5.07. The number of hydrogen-bond acceptors (Lipinski definition) is 4. The Labute approximate surface area is 170 Å². The largest absolute Gasteiger partial charge is 0.507 e. The molecule has 0 bridgehead atoms. The molecule has 0 aliphatic rings. The maximum atomic E-state index is 11.7. The van der Waals surface area contributed by atoms with E-state index in [2.05, 4.69) is 0 Å². The van der Waals surface area contributed by atoms with Gasteiger partial charge in [0.15, 0.2) is 0 Å². The van der Waals surface area contributed by atoms with E-state index in [1.165, 1.54) is 12.1 Å². The van der Waals surface area contributed by atoms with Crippen molar-refractivity contribution in [2.45, 2.75) is 58.8 Å². The van der Waals surface area contributed by atoms with Crippen molar-refractivity contribution in [3.63, 3.8) is 0 Å². The van der Waals surface area contributed by atoms with Crippen LogP contribution in [0.5, 0.6) is 11.5 Å². The van der Waals surface area contributed by atoms with E-state index in [0.717, 1.165) is 0 Å². The van der Waals surface area contributed by atoms with Gasteiger partial charge < -0.3 is 20.4 Å². The van der Waals surface area contributed by atoms with E-state index in [0.29, 0.717) is 22.3 Å². The van der Waals surface area contributed by atoms with Crippen LogP contribution in [-0.4, -0.2) is 32.4 Å². The molecule has 6 nitrogen and oxygen atoms in total. The van der Waals surface area contributed by atoms with Gasteiger partial charge in [-0.05, 0) is 46.2 Å². The molecule has 6 heteroatoms. The van der Waals surface area contributed by atoms with Gasteiger partial charge in [0.2, 0.25) is 0 Å². The summed E-state index contributed by atoms with van der Waals surface area (Å²) < 4.78 is 0. The Morgan fingerprint density at radius 2 is 1.03 bits per heavy atom. The van der Waals surface area contributed by atoms with Gasteiger partial charge in [0.1, 0.15) is 22.6 Å². The minimum Gasteiger partial charge on any atom is -0.507 e. The van der Waals surface area contributed by atoms with E-state index in [9.17, 15) is 30.0 Å². The van der Waals surface area contributed by atoms with E-state index < -0.39 is 17.4 Å². The third kappa shape index (κ3) is 4.06. The summed E-state index contributed by atoms with van der Waals surface area (Å²) in [5.74, 6) is -3.20. The Kier molecular flexibility index (Phi) is 5.97. The van der Waals surface area contributed by atoms with Gasteiger partial charge in [-0.2, -0.15) is 0 Å². The predicted molar refractivity (Wildman–Crippen MR) is 110 cm³/mol. The molecule has 0 heterocycles. The highest BCUT2D eigenvalue weighted by Crippen LogP contribution is 2.41. The molecular weight excluding hydrogens is 372 g/mol. The Balaban J connectivity index is 2.82. The Bertz CT molecular complexity index is 892. The minimum atomic E-state index is -1.23. The van der Waals surface area contributed by atoms with E-state index in [1.54, 1.807) is 12.1 Å². The Morgan fingerprint density at radius 3 is 1.28 bits per heavy atom. The quantitative estimate of drug-likeness (QED) is 0.538. The molecule has 2 aromatic carbocycles. The molecule has 0 atom stereocenters. The van der Waals surface area contributed by atoms with Gasteiger partial charge in [-0.15, -0.1) is 0 Å². The number of rotatable bonds is 6. The van der Waals surface area contributed by atoms with Crippen LogP contribution in [0.2, 0.25) is 0 Å². The van der Waals surface area contributed by atoms with Crippen molar-refractivity contribution in [1.82, 2.24) is 0 Å². The third-order valence-corrected chi connectivity index (χ3v) is 5.43. The normalized spacial score (nSPS) is 11.9. The number of aromatic hydroxyl groups is 2. The molecule has 0 radical (unpaired) electrons. The summed E-state index contributed by atoms with van der Waals surface area (Å²) in [5, 5.41) is 39.8. The van der Waals surface area contributed by atoms with Crippen molar-refractivity contribution >= 4 is 11.9 Å². The SMILES string of the molecule is CC(C)c1cc(C(C)(C)c2cc(C(=O)O)c(O)c(C(C)C)c2)cc(C(=O)O)c1O. The fourth-order valence-electron chi connectivity index (χ4n) is 3.41. The van der Waals surface area contributed by atoms with Crippen LogP contribution in [0.4, 0.5) is 0 Å². The highest BCUT2D eigenvalue weighted by molar-refractivity contribution is 5.92. The number of carboxylic acids is 2. The zero-order valence-electron chi connectivity index (χ0n) is 17.6. The number of aromatic carboxylic acids is 2. The zero-order valence-corrected chi connectivity index (χ0v) is 17.6. The van der Waals surface area contributed by atoms with E-state index >= 15 is 0 Å². The monoisotopic (exact) mass is 400 g/mol. The van der Waals surface area contributed by atoms with Crippen LogP contribution in [-0.2, 0) is 5.41 Å².